The van der Waals surface area contributed by atoms with E-state index >= 15 is 0 Å². The Morgan fingerprint density at radius 1 is 1.13 bits per heavy atom. The number of hydrogen-bond acceptors (Lipinski definition) is 3. The zero-order chi connectivity index (χ0) is 17.2. The summed E-state index contributed by atoms with van der Waals surface area (Å²) in [7, 11) is -0.597. The Morgan fingerprint density at radius 3 is 2.48 bits per heavy atom. The first-order valence-corrected chi connectivity index (χ1v) is 8.67. The Bertz CT molecular complexity index is 848. The van der Waals surface area contributed by atoms with E-state index in [4.69, 9.17) is 11.6 Å². The molecule has 2 rings (SSSR count). The van der Waals surface area contributed by atoms with Crippen LogP contribution in [0.2, 0.25) is 5.02 Å². The molecule has 2 aromatic rings. The number of hydrogen-bond donors (Lipinski definition) is 1. The van der Waals surface area contributed by atoms with Crippen molar-refractivity contribution < 1.29 is 13.2 Å². The lowest BCUT2D eigenvalue weighted by atomic mass is 10.2. The molecule has 1 N–H and O–H groups in total. The van der Waals surface area contributed by atoms with Gasteiger partial charge in [-0.25, -0.2) is 8.42 Å². The van der Waals surface area contributed by atoms with Crippen molar-refractivity contribution in [3.63, 3.8) is 0 Å². The Morgan fingerprint density at radius 2 is 1.83 bits per heavy atom. The molecule has 0 saturated heterocycles. The van der Waals surface area contributed by atoms with Crippen LogP contribution in [0.1, 0.15) is 15.9 Å². The van der Waals surface area contributed by atoms with Gasteiger partial charge in [0.15, 0.2) is 0 Å². The highest BCUT2D eigenvalue weighted by atomic mass is 35.5. The predicted molar refractivity (Wildman–Crippen MR) is 91.5 cm³/mol. The fourth-order valence-electron chi connectivity index (χ4n) is 1.96. The predicted octanol–water partition coefficient (Wildman–Crippen LogP) is 3.15. The molecule has 0 fully saturated rings. The summed E-state index contributed by atoms with van der Waals surface area (Å²) in [5, 5.41) is 0.435. The van der Waals surface area contributed by atoms with Gasteiger partial charge in [-0.05, 0) is 42.8 Å². The van der Waals surface area contributed by atoms with Crippen LogP contribution in [0.15, 0.2) is 47.4 Å². The monoisotopic (exact) mass is 352 g/mol. The fourth-order valence-corrected chi connectivity index (χ4v) is 3.30. The molecule has 0 heterocycles. The molecule has 0 radical (unpaired) electrons. The number of benzene rings is 2. The van der Waals surface area contributed by atoms with E-state index in [1.54, 1.807) is 45.3 Å². The zero-order valence-electron chi connectivity index (χ0n) is 13.0. The normalized spacial score (nSPS) is 11.1. The van der Waals surface area contributed by atoms with Crippen LogP contribution < -0.4 is 4.72 Å². The highest BCUT2D eigenvalue weighted by Gasteiger charge is 2.18. The smallest absolute Gasteiger partial charge is 0.261 e. The molecule has 0 saturated carbocycles. The summed E-state index contributed by atoms with van der Waals surface area (Å²) in [6, 6.07) is 10.9. The van der Waals surface area contributed by atoms with E-state index in [0.29, 0.717) is 16.3 Å². The number of aryl methyl sites for hydroxylation is 1. The van der Waals surface area contributed by atoms with Crippen LogP contribution in [0.4, 0.5) is 5.69 Å². The van der Waals surface area contributed by atoms with Crippen LogP contribution in [0.25, 0.3) is 0 Å². The molecule has 0 atom stereocenters. The van der Waals surface area contributed by atoms with Crippen molar-refractivity contribution in [2.24, 2.45) is 0 Å². The number of rotatable bonds is 4. The summed E-state index contributed by atoms with van der Waals surface area (Å²) in [6.45, 7) is 1.78. The zero-order valence-corrected chi connectivity index (χ0v) is 14.6. The molecular formula is C16H17ClN2O3S. The topological polar surface area (TPSA) is 66.5 Å². The number of anilines is 1. The number of amides is 1. The van der Waals surface area contributed by atoms with Crippen LogP contribution in [0, 0.1) is 6.92 Å². The maximum atomic E-state index is 12.5. The number of nitrogens with one attached hydrogen (secondary N) is 1. The van der Waals surface area contributed by atoms with Gasteiger partial charge in [-0.1, -0.05) is 23.7 Å². The van der Waals surface area contributed by atoms with Crippen LogP contribution in [0.5, 0.6) is 0 Å². The quantitative estimate of drug-likeness (QED) is 0.919. The molecule has 0 bridgehead atoms. The van der Waals surface area contributed by atoms with Gasteiger partial charge in [0.1, 0.15) is 0 Å². The standard InChI is InChI=1S/C16H17ClN2O3S/c1-11-7-8-13(17)10-15(11)18-23(21,22)14-6-4-5-12(9-14)16(20)19(2)3/h4-10,18H,1-3H3. The van der Waals surface area contributed by atoms with E-state index in [2.05, 4.69) is 4.72 Å². The molecule has 1 amide bonds. The van der Waals surface area contributed by atoms with Crippen LogP contribution in [0.3, 0.4) is 0 Å². The van der Waals surface area contributed by atoms with Gasteiger partial charge >= 0.3 is 0 Å². The van der Waals surface area contributed by atoms with Crippen molar-refractivity contribution in [2.75, 3.05) is 18.8 Å². The summed E-state index contributed by atoms with van der Waals surface area (Å²) in [4.78, 5) is 13.4. The van der Waals surface area contributed by atoms with Crippen molar-refractivity contribution in [1.29, 1.82) is 0 Å². The second-order valence-corrected chi connectivity index (χ2v) is 7.41. The van der Waals surface area contributed by atoms with Gasteiger partial charge < -0.3 is 4.90 Å². The van der Waals surface area contributed by atoms with Crippen molar-refractivity contribution in [3.8, 4) is 0 Å². The summed E-state index contributed by atoms with van der Waals surface area (Å²) >= 11 is 5.91. The second kappa shape index (κ2) is 6.60. The minimum Gasteiger partial charge on any atom is -0.345 e. The molecule has 122 valence electrons. The summed E-state index contributed by atoms with van der Waals surface area (Å²) < 4.78 is 27.6. The number of nitrogens with zero attached hydrogens (tertiary/aromatic N) is 1. The van der Waals surface area contributed by atoms with Gasteiger partial charge in [0.2, 0.25) is 0 Å². The fraction of sp³-hybridized carbons (Fsp3) is 0.188. The van der Waals surface area contributed by atoms with Gasteiger partial charge in [0.05, 0.1) is 10.6 Å². The average Bonchev–Trinajstić information content (AvgIpc) is 2.50. The molecular weight excluding hydrogens is 336 g/mol. The first-order chi connectivity index (χ1) is 10.7. The molecule has 0 aliphatic heterocycles. The first-order valence-electron chi connectivity index (χ1n) is 6.81. The van der Waals surface area contributed by atoms with Gasteiger partial charge in [0.25, 0.3) is 15.9 Å². The number of halogens is 1. The van der Waals surface area contributed by atoms with Gasteiger partial charge in [0, 0.05) is 24.7 Å². The largest absolute Gasteiger partial charge is 0.345 e. The molecule has 2 aromatic carbocycles. The van der Waals surface area contributed by atoms with Crippen molar-refractivity contribution >= 4 is 33.2 Å². The molecule has 0 aromatic heterocycles. The lowest BCUT2D eigenvalue weighted by Gasteiger charge is -2.13. The Labute approximate surface area is 140 Å². The van der Waals surface area contributed by atoms with E-state index in [1.807, 2.05) is 0 Å². The Kier molecular flexibility index (Phi) is 4.97. The lowest BCUT2D eigenvalue weighted by molar-refractivity contribution is 0.0827. The maximum Gasteiger partial charge on any atom is 0.261 e. The SMILES string of the molecule is Cc1ccc(Cl)cc1NS(=O)(=O)c1cccc(C(=O)N(C)C)c1. The van der Waals surface area contributed by atoms with Crippen molar-refractivity contribution in [2.45, 2.75) is 11.8 Å². The Balaban J connectivity index is 2.38. The summed E-state index contributed by atoms with van der Waals surface area (Å²) in [5.41, 5.74) is 1.46. The van der Waals surface area contributed by atoms with Crippen LogP contribution in [-0.2, 0) is 10.0 Å². The minimum absolute atomic E-state index is 0.0181. The van der Waals surface area contributed by atoms with E-state index in [9.17, 15) is 13.2 Å². The third kappa shape index (κ3) is 4.03. The highest BCUT2D eigenvalue weighted by Crippen LogP contribution is 2.24. The van der Waals surface area contributed by atoms with Crippen LogP contribution >= 0.6 is 11.6 Å². The maximum absolute atomic E-state index is 12.5. The molecule has 23 heavy (non-hydrogen) atoms. The summed E-state index contributed by atoms with van der Waals surface area (Å²) in [5.74, 6) is -0.263. The van der Waals surface area contributed by atoms with Gasteiger partial charge in [-0.3, -0.25) is 9.52 Å². The second-order valence-electron chi connectivity index (χ2n) is 5.29. The molecule has 0 aliphatic rings. The van der Waals surface area contributed by atoms with E-state index < -0.39 is 10.0 Å². The minimum atomic E-state index is -3.81. The van der Waals surface area contributed by atoms with E-state index in [1.165, 1.54) is 23.1 Å². The third-order valence-electron chi connectivity index (χ3n) is 3.24. The van der Waals surface area contributed by atoms with Crippen LogP contribution in [-0.4, -0.2) is 33.3 Å². The molecule has 0 spiro atoms. The lowest BCUT2D eigenvalue weighted by Crippen LogP contribution is -2.22. The van der Waals surface area contributed by atoms with E-state index in [-0.39, 0.29) is 10.8 Å². The molecule has 5 nitrogen and oxygen atoms in total. The molecule has 0 unspecified atom stereocenters. The molecule has 7 heteroatoms. The molecule has 0 aliphatic carbocycles. The van der Waals surface area contributed by atoms with Crippen molar-refractivity contribution in [3.05, 3.63) is 58.6 Å². The number of carbonyl (C=O) groups is 1. The average molecular weight is 353 g/mol. The van der Waals surface area contributed by atoms with Gasteiger partial charge in [-0.15, -0.1) is 0 Å². The Hall–Kier alpha value is -2.05. The number of sulfonamides is 1. The third-order valence-corrected chi connectivity index (χ3v) is 4.84. The van der Waals surface area contributed by atoms with E-state index in [0.717, 1.165) is 5.56 Å². The first kappa shape index (κ1) is 17.3. The number of carbonyl (C=O) groups excluding carboxylic acids is 1. The highest BCUT2D eigenvalue weighted by molar-refractivity contribution is 7.92. The summed E-state index contributed by atoms with van der Waals surface area (Å²) in [6.07, 6.45) is 0. The van der Waals surface area contributed by atoms with Crippen molar-refractivity contribution in [1.82, 2.24) is 4.90 Å². The van der Waals surface area contributed by atoms with Gasteiger partial charge in [-0.2, -0.15) is 0 Å².